The van der Waals surface area contributed by atoms with Gasteiger partial charge in [-0.3, -0.25) is 4.79 Å². The number of carbonyl (C=O) groups is 1. The molecule has 0 radical (unpaired) electrons. The first-order chi connectivity index (χ1) is 13.7. The first-order valence-corrected chi connectivity index (χ1v) is 9.32. The number of anilines is 1. The van der Waals surface area contributed by atoms with Gasteiger partial charge in [0.05, 0.1) is 5.69 Å². The fourth-order valence-corrected chi connectivity index (χ4v) is 3.13. The highest BCUT2D eigenvalue weighted by Gasteiger charge is 2.17. The van der Waals surface area contributed by atoms with Crippen LogP contribution in [0.1, 0.15) is 15.9 Å². The van der Waals surface area contributed by atoms with Crippen LogP contribution in [0.25, 0.3) is 11.3 Å². The van der Waals surface area contributed by atoms with Crippen molar-refractivity contribution in [2.45, 2.75) is 6.54 Å². The van der Waals surface area contributed by atoms with Crippen LogP contribution in [0.3, 0.4) is 0 Å². The molecule has 0 saturated carbocycles. The number of nitrogens with one attached hydrogen (secondary N) is 1. The lowest BCUT2D eigenvalue weighted by atomic mass is 10.1. The van der Waals surface area contributed by atoms with Crippen molar-refractivity contribution >= 4 is 23.3 Å². The second-order valence-corrected chi connectivity index (χ2v) is 6.78. The van der Waals surface area contributed by atoms with Crippen molar-refractivity contribution in [2.24, 2.45) is 0 Å². The lowest BCUT2D eigenvalue weighted by Crippen LogP contribution is -2.17. The fourth-order valence-electron chi connectivity index (χ4n) is 2.94. The van der Waals surface area contributed by atoms with Gasteiger partial charge in [0.2, 0.25) is 0 Å². The van der Waals surface area contributed by atoms with E-state index >= 15 is 0 Å². The maximum atomic E-state index is 13.1. The zero-order valence-corrected chi connectivity index (χ0v) is 15.8. The van der Waals surface area contributed by atoms with E-state index in [1.807, 2.05) is 66.7 Å². The second kappa shape index (κ2) is 8.11. The summed E-state index contributed by atoms with van der Waals surface area (Å²) in [4.78, 5) is 13.1. The summed E-state index contributed by atoms with van der Waals surface area (Å²) in [5, 5.41) is 8.41. The average Bonchev–Trinajstić information content (AvgIpc) is 3.17. The molecule has 3 aromatic carbocycles. The Kier molecular flexibility index (Phi) is 5.22. The predicted octanol–water partition coefficient (Wildman–Crippen LogP) is 5.50. The summed E-state index contributed by atoms with van der Waals surface area (Å²) in [7, 11) is 0. The van der Waals surface area contributed by atoms with Crippen LogP contribution in [-0.4, -0.2) is 15.7 Å². The lowest BCUT2D eigenvalue weighted by molar-refractivity contribution is 0.0948. The maximum absolute atomic E-state index is 13.1. The highest BCUT2D eigenvalue weighted by molar-refractivity contribution is 6.31. The molecule has 0 fully saturated rings. The fraction of sp³-hybridized carbons (Fsp3) is 0.0435. The van der Waals surface area contributed by atoms with Gasteiger partial charge < -0.3 is 5.32 Å². The molecule has 28 heavy (non-hydrogen) atoms. The topological polar surface area (TPSA) is 46.9 Å². The van der Waals surface area contributed by atoms with Crippen molar-refractivity contribution < 1.29 is 4.79 Å². The van der Waals surface area contributed by atoms with Crippen LogP contribution in [0.2, 0.25) is 5.02 Å². The Morgan fingerprint density at radius 3 is 2.32 bits per heavy atom. The molecule has 1 N–H and O–H groups in total. The van der Waals surface area contributed by atoms with Crippen molar-refractivity contribution in [1.29, 1.82) is 0 Å². The zero-order valence-electron chi connectivity index (χ0n) is 15.0. The number of hydrogen-bond donors (Lipinski definition) is 1. The lowest BCUT2D eigenvalue weighted by Gasteiger charge is -2.09. The Balaban J connectivity index is 1.70. The normalized spacial score (nSPS) is 10.6. The van der Waals surface area contributed by atoms with Gasteiger partial charge in [0, 0.05) is 28.8 Å². The molecule has 0 spiro atoms. The highest BCUT2D eigenvalue weighted by atomic mass is 35.5. The number of nitrogens with zero attached hydrogens (tertiary/aromatic N) is 2. The summed E-state index contributed by atoms with van der Waals surface area (Å²) < 4.78 is 1.40. The summed E-state index contributed by atoms with van der Waals surface area (Å²) >= 11 is 6.06. The third-order valence-electron chi connectivity index (χ3n) is 4.36. The Morgan fingerprint density at radius 2 is 1.61 bits per heavy atom. The molecule has 5 heteroatoms. The molecule has 1 aromatic heterocycles. The minimum atomic E-state index is -0.236. The molecule has 0 aliphatic carbocycles. The molecule has 138 valence electrons. The molecule has 0 aliphatic heterocycles. The molecule has 0 bridgehead atoms. The first kappa shape index (κ1) is 18.0. The Labute approximate surface area is 168 Å². The van der Waals surface area contributed by atoms with E-state index in [-0.39, 0.29) is 5.91 Å². The molecule has 4 aromatic rings. The molecule has 4 rings (SSSR count). The van der Waals surface area contributed by atoms with E-state index in [1.165, 1.54) is 4.68 Å². The van der Waals surface area contributed by atoms with Gasteiger partial charge in [0.1, 0.15) is 5.82 Å². The van der Waals surface area contributed by atoms with Crippen LogP contribution in [0.5, 0.6) is 0 Å². The predicted molar refractivity (Wildman–Crippen MR) is 113 cm³/mol. The minimum Gasteiger partial charge on any atom is -0.366 e. The van der Waals surface area contributed by atoms with Crippen LogP contribution >= 0.6 is 11.6 Å². The van der Waals surface area contributed by atoms with E-state index < -0.39 is 0 Å². The van der Waals surface area contributed by atoms with Gasteiger partial charge in [-0.2, -0.15) is 9.78 Å². The number of rotatable bonds is 5. The molecule has 0 saturated heterocycles. The van der Waals surface area contributed by atoms with Crippen molar-refractivity contribution in [3.8, 4) is 11.3 Å². The van der Waals surface area contributed by atoms with Crippen LogP contribution in [0.4, 0.5) is 5.82 Å². The third-order valence-corrected chi connectivity index (χ3v) is 4.59. The second-order valence-electron chi connectivity index (χ2n) is 6.35. The largest absolute Gasteiger partial charge is 0.366 e. The summed E-state index contributed by atoms with van der Waals surface area (Å²) in [6, 6.07) is 28.6. The molecule has 0 unspecified atom stereocenters. The van der Waals surface area contributed by atoms with E-state index in [9.17, 15) is 4.79 Å². The van der Waals surface area contributed by atoms with Crippen molar-refractivity contribution in [3.63, 3.8) is 0 Å². The van der Waals surface area contributed by atoms with Crippen LogP contribution in [0, 0.1) is 0 Å². The molecule has 0 atom stereocenters. The minimum absolute atomic E-state index is 0.236. The van der Waals surface area contributed by atoms with Gasteiger partial charge in [0.15, 0.2) is 0 Å². The number of hydrogen-bond acceptors (Lipinski definition) is 3. The van der Waals surface area contributed by atoms with E-state index in [0.717, 1.165) is 16.8 Å². The molecular weight excluding hydrogens is 370 g/mol. The SMILES string of the molecule is O=C(c1cccc(Cl)c1)n1nc(-c2ccccc2)cc1NCc1ccccc1. The van der Waals surface area contributed by atoms with Crippen LogP contribution in [0.15, 0.2) is 91.0 Å². The standard InChI is InChI=1S/C23H18ClN3O/c24-20-13-7-12-19(14-20)23(28)27-22(25-16-17-8-3-1-4-9-17)15-21(26-27)18-10-5-2-6-11-18/h1-15,25H,16H2. The molecular formula is C23H18ClN3O. The van der Waals surface area contributed by atoms with Crippen LogP contribution in [-0.2, 0) is 6.54 Å². The monoisotopic (exact) mass is 387 g/mol. The van der Waals surface area contributed by atoms with E-state index in [0.29, 0.717) is 22.9 Å². The van der Waals surface area contributed by atoms with Gasteiger partial charge in [0.25, 0.3) is 5.91 Å². The Hall–Kier alpha value is -3.37. The maximum Gasteiger partial charge on any atom is 0.280 e. The third kappa shape index (κ3) is 3.97. The van der Waals surface area contributed by atoms with Crippen molar-refractivity contribution in [3.05, 3.63) is 107 Å². The van der Waals surface area contributed by atoms with E-state index in [4.69, 9.17) is 11.6 Å². The van der Waals surface area contributed by atoms with Crippen molar-refractivity contribution in [2.75, 3.05) is 5.32 Å². The summed E-state index contributed by atoms with van der Waals surface area (Å²) in [6.07, 6.45) is 0. The smallest absolute Gasteiger partial charge is 0.280 e. The number of aromatic nitrogens is 2. The van der Waals surface area contributed by atoms with Gasteiger partial charge in [-0.25, -0.2) is 0 Å². The summed E-state index contributed by atoms with van der Waals surface area (Å²) in [5.41, 5.74) is 3.28. The van der Waals surface area contributed by atoms with Gasteiger partial charge in [-0.1, -0.05) is 78.3 Å². The molecule has 0 aliphatic rings. The van der Waals surface area contributed by atoms with Gasteiger partial charge in [-0.15, -0.1) is 0 Å². The zero-order chi connectivity index (χ0) is 19.3. The average molecular weight is 388 g/mol. The summed E-state index contributed by atoms with van der Waals surface area (Å²) in [5.74, 6) is 0.396. The van der Waals surface area contributed by atoms with Crippen LogP contribution < -0.4 is 5.32 Å². The first-order valence-electron chi connectivity index (χ1n) is 8.94. The van der Waals surface area contributed by atoms with Gasteiger partial charge in [-0.05, 0) is 23.8 Å². The quantitative estimate of drug-likeness (QED) is 0.491. The Bertz CT molecular complexity index is 1090. The molecule has 4 nitrogen and oxygen atoms in total. The highest BCUT2D eigenvalue weighted by Crippen LogP contribution is 2.23. The number of carbonyl (C=O) groups excluding carboxylic acids is 1. The summed E-state index contributed by atoms with van der Waals surface area (Å²) in [6.45, 7) is 0.587. The van der Waals surface area contributed by atoms with Gasteiger partial charge >= 0.3 is 0 Å². The van der Waals surface area contributed by atoms with Crippen molar-refractivity contribution in [1.82, 2.24) is 9.78 Å². The number of benzene rings is 3. The van der Waals surface area contributed by atoms with E-state index in [2.05, 4.69) is 10.4 Å². The molecule has 0 amide bonds. The Morgan fingerprint density at radius 1 is 0.893 bits per heavy atom. The molecule has 1 heterocycles. The number of halogens is 1. The van der Waals surface area contributed by atoms with E-state index in [1.54, 1.807) is 24.3 Å².